The zero-order valence-corrected chi connectivity index (χ0v) is 26.7. The van der Waals surface area contributed by atoms with Gasteiger partial charge in [0.2, 0.25) is 0 Å². The Balaban J connectivity index is 2.05. The van der Waals surface area contributed by atoms with Crippen LogP contribution in [0.2, 0.25) is 52.4 Å². The van der Waals surface area contributed by atoms with Gasteiger partial charge in [0.25, 0.3) is 0 Å². The third-order valence-corrected chi connectivity index (χ3v) is 145. The highest BCUT2D eigenvalue weighted by molar-refractivity contribution is 8.09. The van der Waals surface area contributed by atoms with Crippen molar-refractivity contribution in [3.63, 3.8) is 0 Å². The molecule has 8 heteroatoms. The van der Waals surface area contributed by atoms with Crippen LogP contribution in [0.4, 0.5) is 0 Å². The van der Waals surface area contributed by atoms with Gasteiger partial charge >= 0.3 is 0 Å². The molecule has 0 aromatic carbocycles. The molecule has 0 unspecified atom stereocenters. The molecule has 0 atom stereocenters. The van der Waals surface area contributed by atoms with Crippen LogP contribution in [0.25, 0.3) is 12.2 Å². The van der Waals surface area contributed by atoms with Crippen molar-refractivity contribution in [2.75, 3.05) is 0 Å². The Kier molecular flexibility index (Phi) is 6.55. The molecule has 1 saturated heterocycles. The van der Waals surface area contributed by atoms with E-state index < -0.39 is 44.1 Å². The summed E-state index contributed by atoms with van der Waals surface area (Å²) in [5.41, 5.74) is 8.61. The second-order valence-electron chi connectivity index (χ2n) is 10.7. The summed E-state index contributed by atoms with van der Waals surface area (Å²) in [6, 6.07) is 4.60. The van der Waals surface area contributed by atoms with Gasteiger partial charge in [0, 0.05) is 44.1 Å². The molecule has 0 saturated carbocycles. The summed E-state index contributed by atoms with van der Waals surface area (Å²) in [6.45, 7) is 22.7. The first-order valence-corrected chi connectivity index (χ1v) is 34.8. The summed E-state index contributed by atoms with van der Waals surface area (Å²) in [7, 11) is -6.42. The molecular weight excluding hydrogens is 473 g/mol. The van der Waals surface area contributed by atoms with Gasteiger partial charge in [-0.15, -0.1) is 11.4 Å². The Morgan fingerprint density at radius 3 is 1.18 bits per heavy atom. The van der Waals surface area contributed by atoms with Gasteiger partial charge in [-0.05, 0) is 44.8 Å². The Bertz CT molecular complexity index is 747. The van der Waals surface area contributed by atoms with E-state index in [9.17, 15) is 0 Å². The third-order valence-electron chi connectivity index (χ3n) is 8.48. The van der Waals surface area contributed by atoms with E-state index in [1.807, 2.05) is 22.7 Å². The predicted molar refractivity (Wildman–Crippen MR) is 151 cm³/mol. The van der Waals surface area contributed by atoms with Crippen molar-refractivity contribution in [2.24, 2.45) is 0 Å². The average molecular weight is 509 g/mol. The van der Waals surface area contributed by atoms with Crippen molar-refractivity contribution in [1.82, 2.24) is 0 Å². The maximum atomic E-state index is 2.86. The van der Waals surface area contributed by atoms with E-state index in [1.165, 1.54) is 11.1 Å². The lowest BCUT2D eigenvalue weighted by molar-refractivity contribution is 1.82. The van der Waals surface area contributed by atoms with Gasteiger partial charge in [-0.25, -0.2) is 0 Å². The van der Waals surface area contributed by atoms with E-state index in [0.29, 0.717) is 0 Å². The molecule has 0 aliphatic carbocycles. The topological polar surface area (TPSA) is 0 Å². The van der Waals surface area contributed by atoms with Crippen LogP contribution in [0, 0.1) is 0 Å². The molecule has 0 radical (unpaired) electrons. The molecule has 1 aliphatic rings. The lowest BCUT2D eigenvalue weighted by Crippen LogP contribution is -2.92. The Labute approximate surface area is 186 Å². The molecule has 1 aliphatic heterocycles. The van der Waals surface area contributed by atoms with Gasteiger partial charge in [0.05, 0.1) is 0 Å². The van der Waals surface area contributed by atoms with Gasteiger partial charge in [-0.2, -0.15) is 22.7 Å². The molecule has 0 amide bonds. The van der Waals surface area contributed by atoms with Crippen LogP contribution in [0.5, 0.6) is 0 Å². The summed E-state index contributed by atoms with van der Waals surface area (Å²) in [4.78, 5) is 0. The molecule has 0 N–H and O–H groups in total. The quantitative estimate of drug-likeness (QED) is 0.420. The highest BCUT2D eigenvalue weighted by Crippen LogP contribution is 2.42. The number of hydrogen-bond donors (Lipinski definition) is 0. The van der Waals surface area contributed by atoms with Gasteiger partial charge in [0.15, 0.2) is 0 Å². The zero-order valence-electron chi connectivity index (χ0n) is 18.7. The first-order chi connectivity index (χ1) is 12.9. The first-order valence-electron chi connectivity index (χ1n) is 10.3. The van der Waals surface area contributed by atoms with Crippen molar-refractivity contribution in [3.05, 3.63) is 56.2 Å². The van der Waals surface area contributed by atoms with E-state index >= 15 is 0 Å². The summed E-state index contributed by atoms with van der Waals surface area (Å²) in [6.07, 6.45) is 5.07. The third kappa shape index (κ3) is 3.79. The molecule has 2 aromatic heterocycles. The van der Waals surface area contributed by atoms with Crippen molar-refractivity contribution >= 4 is 78.9 Å². The smallest absolute Gasteiger partial charge is 0.0452 e. The fourth-order valence-electron chi connectivity index (χ4n) is 5.52. The van der Waals surface area contributed by atoms with Crippen molar-refractivity contribution in [1.29, 1.82) is 0 Å². The fraction of sp³-hybridized carbons (Fsp3) is 0.400. The van der Waals surface area contributed by atoms with E-state index in [1.54, 1.807) is 0 Å². The maximum absolute atomic E-state index is 2.86. The average Bonchev–Trinajstić information content (AvgIpc) is 3.26. The molecule has 152 valence electrons. The van der Waals surface area contributed by atoms with Gasteiger partial charge in [-0.3, -0.25) is 0 Å². The molecule has 2 aromatic rings. The van der Waals surface area contributed by atoms with Gasteiger partial charge in [0.1, 0.15) is 0 Å². The predicted octanol–water partition coefficient (Wildman–Crippen LogP) is 6.39. The minimum Gasteiger partial charge on any atom is -0.152 e. The Morgan fingerprint density at radius 1 is 0.607 bits per heavy atom. The fourth-order valence-corrected chi connectivity index (χ4v) is 233. The first kappa shape index (κ1) is 22.9. The van der Waals surface area contributed by atoms with Crippen LogP contribution in [-0.2, 0) is 0 Å². The summed E-state index contributed by atoms with van der Waals surface area (Å²) in [5, 5.41) is 9.10. The SMILES string of the molecule is C[Si]1(C)[SiH](/C=C/c2ccsc2)[Si](C)(C)[Si](C)(C)[SiH](/C=C/c2ccsc2)[Si]1(C)C. The van der Waals surface area contributed by atoms with Crippen LogP contribution in [0.15, 0.2) is 45.1 Å². The van der Waals surface area contributed by atoms with Crippen LogP contribution >= 0.6 is 22.7 Å². The molecular formula is C20H36S2Si6. The second-order valence-corrected chi connectivity index (χ2v) is 79.3. The second kappa shape index (κ2) is 8.03. The van der Waals surface area contributed by atoms with Crippen molar-refractivity contribution in [3.8, 4) is 0 Å². The highest BCUT2D eigenvalue weighted by atomic mass is 32.1. The van der Waals surface area contributed by atoms with Crippen LogP contribution < -0.4 is 0 Å². The molecule has 0 nitrogen and oxygen atoms in total. The lowest BCUT2D eigenvalue weighted by atomic mass is 10.3. The van der Waals surface area contributed by atoms with Crippen molar-refractivity contribution < 1.29 is 0 Å². The minimum absolute atomic E-state index is 0.836. The van der Waals surface area contributed by atoms with Gasteiger partial charge in [-0.1, -0.05) is 64.5 Å². The Morgan fingerprint density at radius 2 is 0.929 bits per heavy atom. The normalized spacial score (nSPS) is 28.1. The van der Waals surface area contributed by atoms with E-state index in [-0.39, 0.29) is 0 Å². The van der Waals surface area contributed by atoms with E-state index in [0.717, 1.165) is 0 Å². The molecule has 0 spiro atoms. The maximum Gasteiger partial charge on any atom is 0.0452 e. The van der Waals surface area contributed by atoms with Crippen LogP contribution in [0.1, 0.15) is 11.1 Å². The minimum atomic E-state index is -1.19. The standard InChI is InChI=1S/C20H36S2Si6/c1-25(2)23(15-11-19-9-13-21-17-19)27(5,6)28(7,8)24(26(25,3)4)16-12-20-10-14-22-18-20/h9-18,23-24H,1-8H3/b15-11+,16-12+. The largest absolute Gasteiger partial charge is 0.152 e. The number of rotatable bonds is 4. The number of hydrogen-bond acceptors (Lipinski definition) is 2. The lowest BCUT2D eigenvalue weighted by Gasteiger charge is -2.64. The zero-order chi connectivity index (χ0) is 20.8. The molecule has 28 heavy (non-hydrogen) atoms. The molecule has 1 fully saturated rings. The molecule has 3 heterocycles. The summed E-state index contributed by atoms with van der Waals surface area (Å²) >= 11 is 3.67. The van der Waals surface area contributed by atoms with E-state index in [2.05, 4.69) is 110 Å². The summed E-state index contributed by atoms with van der Waals surface area (Å²) in [5.74, 6) is 0. The van der Waals surface area contributed by atoms with Crippen LogP contribution in [-0.4, -0.2) is 44.1 Å². The van der Waals surface area contributed by atoms with Crippen LogP contribution in [0.3, 0.4) is 0 Å². The van der Waals surface area contributed by atoms with E-state index in [4.69, 9.17) is 0 Å². The Hall–Kier alpha value is 0.181. The summed E-state index contributed by atoms with van der Waals surface area (Å²) < 4.78 is 0. The molecule has 0 bridgehead atoms. The van der Waals surface area contributed by atoms with Crippen molar-refractivity contribution in [2.45, 2.75) is 52.4 Å². The molecule has 3 rings (SSSR count). The number of thiophene rings is 2. The van der Waals surface area contributed by atoms with Gasteiger partial charge < -0.3 is 0 Å². The highest BCUT2D eigenvalue weighted by Gasteiger charge is 2.67. The monoisotopic (exact) mass is 508 g/mol.